The summed E-state index contributed by atoms with van der Waals surface area (Å²) in [7, 11) is 1.75. The van der Waals surface area contributed by atoms with Gasteiger partial charge in [0.2, 0.25) is 0 Å². The van der Waals surface area contributed by atoms with Crippen molar-refractivity contribution in [3.05, 3.63) is 24.3 Å². The molecule has 1 heterocycles. The first-order valence-corrected chi connectivity index (χ1v) is 9.66. The summed E-state index contributed by atoms with van der Waals surface area (Å²) in [4.78, 5) is 18.1. The zero-order valence-electron chi connectivity index (χ0n) is 16.7. The van der Waals surface area contributed by atoms with Gasteiger partial charge < -0.3 is 25.0 Å². The first kappa shape index (κ1) is 21.0. The Kier molecular flexibility index (Phi) is 8.91. The van der Waals surface area contributed by atoms with Gasteiger partial charge in [-0.25, -0.2) is 0 Å². The van der Waals surface area contributed by atoms with Gasteiger partial charge in [-0.1, -0.05) is 26.0 Å². The summed E-state index contributed by atoms with van der Waals surface area (Å²) in [6.07, 6.45) is 1.89. The first-order valence-electron chi connectivity index (χ1n) is 9.66. The summed E-state index contributed by atoms with van der Waals surface area (Å²) >= 11 is 0. The lowest BCUT2D eigenvalue weighted by molar-refractivity contribution is -0.121. The lowest BCUT2D eigenvalue weighted by Crippen LogP contribution is -2.42. The Balaban J connectivity index is 1.64. The van der Waals surface area contributed by atoms with Gasteiger partial charge in [-0.05, 0) is 30.9 Å². The zero-order chi connectivity index (χ0) is 19.5. The number of ether oxygens (including phenoxy) is 2. The molecule has 27 heavy (non-hydrogen) atoms. The lowest BCUT2D eigenvalue weighted by atomic mass is 10.1. The molecule has 0 radical (unpaired) electrons. The standard InChI is InChI=1S/C20H32N4O3/c1-16(2)9-13-26-14-11-23-20(21-3)22-10-6-12-24-17-7-4-5-8-18(17)27-15-19(24)25/h4-5,7-8,16H,6,9-15H2,1-3H3,(H2,21,22,23). The van der Waals surface area contributed by atoms with E-state index in [1.807, 2.05) is 24.3 Å². The molecule has 7 heteroatoms. The minimum absolute atomic E-state index is 0.00486. The highest BCUT2D eigenvalue weighted by molar-refractivity contribution is 5.97. The van der Waals surface area contributed by atoms with Gasteiger partial charge in [0, 0.05) is 33.3 Å². The second-order valence-electron chi connectivity index (χ2n) is 6.88. The van der Waals surface area contributed by atoms with Crippen LogP contribution >= 0.6 is 0 Å². The normalized spacial score (nSPS) is 14.1. The van der Waals surface area contributed by atoms with Crippen LogP contribution < -0.4 is 20.3 Å². The second-order valence-corrected chi connectivity index (χ2v) is 6.88. The number of benzene rings is 1. The number of nitrogens with zero attached hydrogens (tertiary/aromatic N) is 2. The van der Waals surface area contributed by atoms with Crippen LogP contribution in [0.25, 0.3) is 0 Å². The molecule has 2 N–H and O–H groups in total. The average molecular weight is 377 g/mol. The van der Waals surface area contributed by atoms with Gasteiger partial charge in [0.25, 0.3) is 5.91 Å². The molecular formula is C20H32N4O3. The summed E-state index contributed by atoms with van der Waals surface area (Å²) in [6, 6.07) is 7.64. The molecule has 0 unspecified atom stereocenters. The second kappa shape index (κ2) is 11.4. The van der Waals surface area contributed by atoms with E-state index in [1.165, 1.54) is 0 Å². The molecule has 1 aromatic rings. The molecule has 1 aliphatic heterocycles. The van der Waals surface area contributed by atoms with E-state index in [0.717, 1.165) is 43.4 Å². The molecule has 1 amide bonds. The number of guanidine groups is 1. The Morgan fingerprint density at radius 1 is 1.26 bits per heavy atom. The third-order valence-corrected chi connectivity index (χ3v) is 4.26. The molecule has 0 spiro atoms. The highest BCUT2D eigenvalue weighted by atomic mass is 16.5. The molecule has 0 saturated heterocycles. The summed E-state index contributed by atoms with van der Waals surface area (Å²) in [6.45, 7) is 8.01. The number of amides is 1. The van der Waals surface area contributed by atoms with E-state index in [4.69, 9.17) is 9.47 Å². The Morgan fingerprint density at radius 2 is 2.04 bits per heavy atom. The Labute approximate surface area is 162 Å². The number of nitrogens with one attached hydrogen (secondary N) is 2. The monoisotopic (exact) mass is 376 g/mol. The van der Waals surface area contributed by atoms with Crippen LogP contribution in [0.3, 0.4) is 0 Å². The predicted molar refractivity (Wildman–Crippen MR) is 109 cm³/mol. The molecule has 1 aliphatic rings. The fraction of sp³-hybridized carbons (Fsp3) is 0.600. The van der Waals surface area contributed by atoms with Crippen molar-refractivity contribution in [3.8, 4) is 5.75 Å². The van der Waals surface area contributed by atoms with Crippen LogP contribution in [0.4, 0.5) is 5.69 Å². The fourth-order valence-corrected chi connectivity index (χ4v) is 2.73. The van der Waals surface area contributed by atoms with Crippen LogP contribution in [0.15, 0.2) is 29.3 Å². The van der Waals surface area contributed by atoms with Gasteiger partial charge >= 0.3 is 0 Å². The van der Waals surface area contributed by atoms with Crippen molar-refractivity contribution in [2.24, 2.45) is 10.9 Å². The lowest BCUT2D eigenvalue weighted by Gasteiger charge is -2.29. The summed E-state index contributed by atoms with van der Waals surface area (Å²) < 4.78 is 11.1. The van der Waals surface area contributed by atoms with Gasteiger partial charge in [0.05, 0.1) is 12.3 Å². The Bertz CT molecular complexity index is 619. The van der Waals surface area contributed by atoms with Crippen LogP contribution in [0.5, 0.6) is 5.75 Å². The van der Waals surface area contributed by atoms with Crippen LogP contribution in [-0.4, -0.2) is 58.4 Å². The average Bonchev–Trinajstić information content (AvgIpc) is 2.67. The van der Waals surface area contributed by atoms with Crippen molar-refractivity contribution in [1.29, 1.82) is 0 Å². The van der Waals surface area contributed by atoms with E-state index in [2.05, 4.69) is 29.5 Å². The molecule has 1 aromatic carbocycles. The Hall–Kier alpha value is -2.28. The van der Waals surface area contributed by atoms with E-state index in [0.29, 0.717) is 25.6 Å². The largest absolute Gasteiger partial charge is 0.482 e. The molecule has 0 saturated carbocycles. The molecule has 0 bridgehead atoms. The minimum Gasteiger partial charge on any atom is -0.482 e. The number of aliphatic imine (C=N–C) groups is 1. The molecule has 0 aromatic heterocycles. The number of carbonyl (C=O) groups is 1. The molecule has 0 aliphatic carbocycles. The third kappa shape index (κ3) is 7.09. The van der Waals surface area contributed by atoms with E-state index >= 15 is 0 Å². The highest BCUT2D eigenvalue weighted by Gasteiger charge is 2.24. The number of para-hydroxylation sites is 2. The maximum absolute atomic E-state index is 12.1. The van der Waals surface area contributed by atoms with Crippen LogP contribution in [0.2, 0.25) is 0 Å². The molecular weight excluding hydrogens is 344 g/mol. The molecule has 7 nitrogen and oxygen atoms in total. The van der Waals surface area contributed by atoms with Crippen molar-refractivity contribution in [2.75, 3.05) is 51.4 Å². The number of anilines is 1. The van der Waals surface area contributed by atoms with E-state index in [1.54, 1.807) is 11.9 Å². The maximum atomic E-state index is 12.1. The van der Waals surface area contributed by atoms with Gasteiger partial charge in [0.15, 0.2) is 12.6 Å². The smallest absolute Gasteiger partial charge is 0.265 e. The van der Waals surface area contributed by atoms with E-state index in [9.17, 15) is 4.79 Å². The van der Waals surface area contributed by atoms with E-state index < -0.39 is 0 Å². The summed E-state index contributed by atoms with van der Waals surface area (Å²) in [5.41, 5.74) is 0.842. The molecule has 2 rings (SSSR count). The Morgan fingerprint density at radius 3 is 2.81 bits per heavy atom. The fourth-order valence-electron chi connectivity index (χ4n) is 2.73. The van der Waals surface area contributed by atoms with Crippen LogP contribution in [0.1, 0.15) is 26.7 Å². The van der Waals surface area contributed by atoms with Gasteiger partial charge in [0.1, 0.15) is 5.75 Å². The maximum Gasteiger partial charge on any atom is 0.265 e. The van der Waals surface area contributed by atoms with Crippen molar-refractivity contribution >= 4 is 17.6 Å². The molecule has 0 fully saturated rings. The summed E-state index contributed by atoms with van der Waals surface area (Å²) in [5.74, 6) is 2.17. The molecule has 150 valence electrons. The van der Waals surface area contributed by atoms with Gasteiger partial charge in [-0.3, -0.25) is 9.79 Å². The minimum atomic E-state index is -0.00486. The number of hydrogen-bond donors (Lipinski definition) is 2. The zero-order valence-corrected chi connectivity index (χ0v) is 16.7. The predicted octanol–water partition coefficient (Wildman–Crippen LogP) is 2.03. The summed E-state index contributed by atoms with van der Waals surface area (Å²) in [5, 5.41) is 6.50. The van der Waals surface area contributed by atoms with Crippen molar-refractivity contribution in [1.82, 2.24) is 10.6 Å². The first-order chi connectivity index (χ1) is 13.1. The number of rotatable bonds is 10. The number of fused-ring (bicyclic) bond motifs is 1. The topological polar surface area (TPSA) is 75.2 Å². The number of hydrogen-bond acceptors (Lipinski definition) is 4. The van der Waals surface area contributed by atoms with Crippen molar-refractivity contribution in [3.63, 3.8) is 0 Å². The van der Waals surface area contributed by atoms with Gasteiger partial charge in [-0.15, -0.1) is 0 Å². The number of carbonyl (C=O) groups excluding carboxylic acids is 1. The quantitative estimate of drug-likeness (QED) is 0.371. The highest BCUT2D eigenvalue weighted by Crippen LogP contribution is 2.31. The third-order valence-electron chi connectivity index (χ3n) is 4.26. The van der Waals surface area contributed by atoms with Crippen LogP contribution in [0, 0.1) is 5.92 Å². The van der Waals surface area contributed by atoms with E-state index in [-0.39, 0.29) is 12.5 Å². The van der Waals surface area contributed by atoms with Gasteiger partial charge in [-0.2, -0.15) is 0 Å². The van der Waals surface area contributed by atoms with Crippen molar-refractivity contribution < 1.29 is 14.3 Å². The van der Waals surface area contributed by atoms with Crippen molar-refractivity contribution in [2.45, 2.75) is 26.7 Å². The SMILES string of the molecule is CN=C(NCCCN1C(=O)COc2ccccc21)NCCOCCC(C)C. The molecule has 0 atom stereocenters. The van der Waals surface area contributed by atoms with Crippen LogP contribution in [-0.2, 0) is 9.53 Å².